The van der Waals surface area contributed by atoms with Crippen LogP contribution < -0.4 is 5.32 Å². The number of rotatable bonds is 6. The van der Waals surface area contributed by atoms with Crippen molar-refractivity contribution in [2.24, 2.45) is 0 Å². The van der Waals surface area contributed by atoms with E-state index in [0.29, 0.717) is 5.69 Å². The van der Waals surface area contributed by atoms with Gasteiger partial charge in [0, 0.05) is 48.8 Å². The summed E-state index contributed by atoms with van der Waals surface area (Å²) in [7, 11) is 0. The van der Waals surface area contributed by atoms with Crippen molar-refractivity contribution in [3.8, 4) is 11.1 Å². The number of benzene rings is 2. The molecule has 1 aromatic heterocycles. The van der Waals surface area contributed by atoms with Gasteiger partial charge in [0.15, 0.2) is 0 Å². The molecule has 3 aromatic rings. The number of piperidine rings is 1. The van der Waals surface area contributed by atoms with Gasteiger partial charge in [-0.1, -0.05) is 35.9 Å². The number of hydrogen-bond acceptors (Lipinski definition) is 5. The lowest BCUT2D eigenvalue weighted by Crippen LogP contribution is -2.51. The molecule has 2 amide bonds. The number of nitrogens with one attached hydrogen (secondary N) is 1. The number of aromatic nitrogens is 1. The largest absolute Gasteiger partial charge is 0.447 e. The van der Waals surface area contributed by atoms with Crippen LogP contribution in [0.5, 0.6) is 0 Å². The second-order valence-corrected chi connectivity index (χ2v) is 9.80. The van der Waals surface area contributed by atoms with E-state index >= 15 is 0 Å². The van der Waals surface area contributed by atoms with Crippen molar-refractivity contribution in [1.82, 2.24) is 14.8 Å². The summed E-state index contributed by atoms with van der Waals surface area (Å²) >= 11 is 6.16. The fourth-order valence-corrected chi connectivity index (χ4v) is 5.12. The predicted molar refractivity (Wildman–Crippen MR) is 140 cm³/mol. The standard InChI is InChI=1S/C28H29ClN4O3/c1-19-15-20(5-6-25(19)29)17-32-13-9-24(10-14-32)33-26(18-36-28(33)35)27(34)31-23-4-2-3-22(16-23)21-7-11-30-12-8-21/h2-8,11-12,15-16,24,26H,9-10,13-14,17-18H2,1H3,(H,31,34)/t26-/m1/s1. The molecular weight excluding hydrogens is 476 g/mol. The molecular formula is C28H29ClN4O3. The van der Waals surface area contributed by atoms with Gasteiger partial charge in [-0.3, -0.25) is 19.6 Å². The number of anilines is 1. The summed E-state index contributed by atoms with van der Waals surface area (Å²) in [4.78, 5) is 33.9. The van der Waals surface area contributed by atoms with Crippen molar-refractivity contribution >= 4 is 29.3 Å². The fraction of sp³-hybridized carbons (Fsp3) is 0.321. The summed E-state index contributed by atoms with van der Waals surface area (Å²) in [5.74, 6) is -0.230. The number of aryl methyl sites for hydroxylation is 1. The zero-order valence-corrected chi connectivity index (χ0v) is 20.9. The molecule has 36 heavy (non-hydrogen) atoms. The van der Waals surface area contributed by atoms with Gasteiger partial charge < -0.3 is 10.1 Å². The SMILES string of the molecule is Cc1cc(CN2CCC(N3C(=O)OC[C@@H]3C(=O)Nc3cccc(-c4ccncc4)c3)CC2)ccc1Cl. The Bertz CT molecular complexity index is 1240. The van der Waals surface area contributed by atoms with Crippen LogP contribution in [0.3, 0.4) is 0 Å². The van der Waals surface area contributed by atoms with Gasteiger partial charge in [0.05, 0.1) is 0 Å². The number of carbonyl (C=O) groups excluding carboxylic acids is 2. The molecule has 186 valence electrons. The van der Waals surface area contributed by atoms with Gasteiger partial charge in [-0.25, -0.2) is 4.79 Å². The lowest BCUT2D eigenvalue weighted by Gasteiger charge is -2.37. The first-order valence-corrected chi connectivity index (χ1v) is 12.6. The monoisotopic (exact) mass is 504 g/mol. The Morgan fingerprint density at radius 1 is 1.08 bits per heavy atom. The van der Waals surface area contributed by atoms with Gasteiger partial charge >= 0.3 is 6.09 Å². The topological polar surface area (TPSA) is 74.8 Å². The summed E-state index contributed by atoms with van der Waals surface area (Å²) in [6, 6.07) is 17.0. The number of cyclic esters (lactones) is 1. The fourth-order valence-electron chi connectivity index (χ4n) is 5.00. The molecule has 0 aliphatic carbocycles. The first-order valence-electron chi connectivity index (χ1n) is 12.2. The molecule has 3 heterocycles. The molecule has 2 aromatic carbocycles. The number of pyridine rings is 1. The van der Waals surface area contributed by atoms with Crippen LogP contribution in [0.25, 0.3) is 11.1 Å². The second-order valence-electron chi connectivity index (χ2n) is 9.40. The molecule has 0 bridgehead atoms. The van der Waals surface area contributed by atoms with Crippen LogP contribution in [-0.4, -0.2) is 58.6 Å². The van der Waals surface area contributed by atoms with E-state index in [2.05, 4.69) is 27.3 Å². The van der Waals surface area contributed by atoms with E-state index in [1.165, 1.54) is 5.56 Å². The molecule has 0 saturated carbocycles. The Morgan fingerprint density at radius 3 is 2.61 bits per heavy atom. The summed E-state index contributed by atoms with van der Waals surface area (Å²) in [6.07, 6.45) is 4.66. The molecule has 0 radical (unpaired) electrons. The van der Waals surface area contributed by atoms with Crippen LogP contribution in [0.15, 0.2) is 67.0 Å². The maximum atomic E-state index is 13.2. The van der Waals surface area contributed by atoms with Crippen LogP contribution in [0.1, 0.15) is 24.0 Å². The summed E-state index contributed by atoms with van der Waals surface area (Å²) in [5, 5.41) is 3.76. The predicted octanol–water partition coefficient (Wildman–Crippen LogP) is 5.13. The first-order chi connectivity index (χ1) is 17.5. The van der Waals surface area contributed by atoms with E-state index in [0.717, 1.165) is 54.2 Å². The quantitative estimate of drug-likeness (QED) is 0.503. The van der Waals surface area contributed by atoms with E-state index in [1.54, 1.807) is 17.3 Å². The number of amides is 2. The number of halogens is 1. The summed E-state index contributed by atoms with van der Waals surface area (Å²) < 4.78 is 5.32. The molecule has 1 atom stereocenters. The van der Waals surface area contributed by atoms with Crippen LogP contribution in [0.2, 0.25) is 5.02 Å². The normalized spacial score (nSPS) is 18.8. The van der Waals surface area contributed by atoms with Crippen LogP contribution >= 0.6 is 11.6 Å². The Morgan fingerprint density at radius 2 is 1.86 bits per heavy atom. The maximum Gasteiger partial charge on any atom is 0.410 e. The third-order valence-corrected chi connectivity index (χ3v) is 7.36. The molecule has 2 fully saturated rings. The van der Waals surface area contributed by atoms with Gasteiger partial charge in [-0.05, 0) is 72.4 Å². The van der Waals surface area contributed by atoms with Gasteiger partial charge in [0.2, 0.25) is 0 Å². The highest BCUT2D eigenvalue weighted by molar-refractivity contribution is 6.31. The second kappa shape index (κ2) is 10.7. The highest BCUT2D eigenvalue weighted by atomic mass is 35.5. The van der Waals surface area contributed by atoms with Crippen LogP contribution in [-0.2, 0) is 16.1 Å². The number of carbonyl (C=O) groups is 2. The van der Waals surface area contributed by atoms with Crippen molar-refractivity contribution in [1.29, 1.82) is 0 Å². The number of likely N-dealkylation sites (tertiary alicyclic amines) is 1. The average Bonchev–Trinajstić information content (AvgIpc) is 3.29. The first kappa shape index (κ1) is 24.3. The Hall–Kier alpha value is -3.42. The van der Waals surface area contributed by atoms with E-state index in [9.17, 15) is 9.59 Å². The number of hydrogen-bond donors (Lipinski definition) is 1. The van der Waals surface area contributed by atoms with Crippen molar-refractivity contribution in [3.05, 3.63) is 83.1 Å². The minimum atomic E-state index is -0.641. The van der Waals surface area contributed by atoms with Crippen molar-refractivity contribution in [3.63, 3.8) is 0 Å². The Balaban J connectivity index is 1.21. The smallest absolute Gasteiger partial charge is 0.410 e. The highest BCUT2D eigenvalue weighted by Gasteiger charge is 2.43. The van der Waals surface area contributed by atoms with E-state index < -0.39 is 12.1 Å². The van der Waals surface area contributed by atoms with Gasteiger partial charge in [0.25, 0.3) is 5.91 Å². The Kier molecular flexibility index (Phi) is 7.20. The van der Waals surface area contributed by atoms with Crippen LogP contribution in [0.4, 0.5) is 10.5 Å². The minimum absolute atomic E-state index is 0.0258. The van der Waals surface area contributed by atoms with Gasteiger partial charge in [-0.2, -0.15) is 0 Å². The molecule has 2 aliphatic heterocycles. The zero-order chi connectivity index (χ0) is 25.1. The molecule has 0 unspecified atom stereocenters. The highest BCUT2D eigenvalue weighted by Crippen LogP contribution is 2.27. The average molecular weight is 505 g/mol. The van der Waals surface area contributed by atoms with Crippen molar-refractivity contribution < 1.29 is 14.3 Å². The maximum absolute atomic E-state index is 13.2. The molecule has 5 rings (SSSR count). The van der Waals surface area contributed by atoms with Crippen LogP contribution in [0, 0.1) is 6.92 Å². The van der Waals surface area contributed by atoms with Gasteiger partial charge in [-0.15, -0.1) is 0 Å². The molecule has 1 N–H and O–H groups in total. The molecule has 7 nitrogen and oxygen atoms in total. The zero-order valence-electron chi connectivity index (χ0n) is 20.2. The molecule has 2 saturated heterocycles. The van der Waals surface area contributed by atoms with Crippen molar-refractivity contribution in [2.75, 3.05) is 25.0 Å². The van der Waals surface area contributed by atoms with Crippen molar-refractivity contribution in [2.45, 2.75) is 38.4 Å². The molecule has 8 heteroatoms. The van der Waals surface area contributed by atoms with E-state index in [1.807, 2.05) is 49.4 Å². The third-order valence-electron chi connectivity index (χ3n) is 6.94. The number of ether oxygens (including phenoxy) is 1. The molecule has 0 spiro atoms. The summed E-state index contributed by atoms with van der Waals surface area (Å²) in [6.45, 7) is 4.61. The summed E-state index contributed by atoms with van der Waals surface area (Å²) in [5.41, 5.74) is 4.98. The molecule has 2 aliphatic rings. The third kappa shape index (κ3) is 5.37. The minimum Gasteiger partial charge on any atom is -0.447 e. The number of nitrogens with zero attached hydrogens (tertiary/aromatic N) is 3. The van der Waals surface area contributed by atoms with E-state index in [4.69, 9.17) is 16.3 Å². The van der Waals surface area contributed by atoms with E-state index in [-0.39, 0.29) is 18.6 Å². The lowest BCUT2D eigenvalue weighted by molar-refractivity contribution is -0.120. The Labute approximate surface area is 216 Å². The van der Waals surface area contributed by atoms with Gasteiger partial charge in [0.1, 0.15) is 12.6 Å². The lowest BCUT2D eigenvalue weighted by atomic mass is 10.0.